The van der Waals surface area contributed by atoms with Crippen molar-refractivity contribution in [2.45, 2.75) is 51.9 Å². The second-order valence-corrected chi connectivity index (χ2v) is 7.27. The van der Waals surface area contributed by atoms with Crippen LogP contribution >= 0.6 is 11.3 Å². The normalized spacial score (nSPS) is 16.4. The van der Waals surface area contributed by atoms with E-state index in [-0.39, 0.29) is 12.6 Å². The van der Waals surface area contributed by atoms with E-state index in [4.69, 9.17) is 9.47 Å². The number of ether oxygens (including phenoxy) is 2. The molecule has 2 N–H and O–H groups in total. The maximum absolute atomic E-state index is 11.9. The van der Waals surface area contributed by atoms with Gasteiger partial charge in [-0.15, -0.1) is 11.3 Å². The molecule has 118 valence electrons. The zero-order valence-corrected chi connectivity index (χ0v) is 13.5. The Kier molecular flexibility index (Phi) is 5.11. The van der Waals surface area contributed by atoms with Gasteiger partial charge in [-0.1, -0.05) is 0 Å². The third-order valence-corrected chi connectivity index (χ3v) is 4.05. The van der Waals surface area contributed by atoms with E-state index in [1.54, 1.807) is 0 Å². The molecule has 0 saturated heterocycles. The molecule has 0 bridgehead atoms. The third-order valence-electron chi connectivity index (χ3n) is 3.16. The van der Waals surface area contributed by atoms with E-state index in [1.165, 1.54) is 11.3 Å². The van der Waals surface area contributed by atoms with Gasteiger partial charge in [0.2, 0.25) is 0 Å². The maximum atomic E-state index is 11.9. The lowest BCUT2D eigenvalue weighted by Crippen LogP contribution is -2.43. The highest BCUT2D eigenvalue weighted by Gasteiger charge is 2.34. The molecule has 1 heterocycles. The zero-order valence-electron chi connectivity index (χ0n) is 12.7. The first-order valence-electron chi connectivity index (χ1n) is 7.18. The average molecular weight is 313 g/mol. The molecule has 0 radical (unpaired) electrons. The molecule has 6 heteroatoms. The molecule has 5 nitrogen and oxygen atoms in total. The van der Waals surface area contributed by atoms with Gasteiger partial charge in [0.15, 0.2) is 0 Å². The van der Waals surface area contributed by atoms with Crippen LogP contribution in [-0.2, 0) is 11.3 Å². The number of carbonyl (C=O) groups excluding carboxylic acids is 1. The Hall–Kier alpha value is -1.27. The van der Waals surface area contributed by atoms with Crippen LogP contribution in [0.25, 0.3) is 0 Å². The minimum atomic E-state index is -0.504. The Morgan fingerprint density at radius 2 is 2.24 bits per heavy atom. The number of rotatable bonds is 6. The van der Waals surface area contributed by atoms with E-state index in [0.29, 0.717) is 18.3 Å². The summed E-state index contributed by atoms with van der Waals surface area (Å²) in [6, 6.07) is 1.79. The highest BCUT2D eigenvalue weighted by Crippen LogP contribution is 2.33. The van der Waals surface area contributed by atoms with Crippen LogP contribution in [0.1, 0.15) is 38.5 Å². The first kappa shape index (κ1) is 16.1. The van der Waals surface area contributed by atoms with Crippen molar-refractivity contribution < 1.29 is 19.4 Å². The summed E-state index contributed by atoms with van der Waals surface area (Å²) in [7, 11) is 0. The number of aliphatic hydroxyl groups excluding tert-OH is 1. The monoisotopic (exact) mass is 313 g/mol. The average Bonchev–Trinajstić information content (AvgIpc) is 3.11. The van der Waals surface area contributed by atoms with Gasteiger partial charge in [0, 0.05) is 0 Å². The lowest BCUT2D eigenvalue weighted by atomic mass is 10.2. The van der Waals surface area contributed by atoms with Crippen molar-refractivity contribution in [3.8, 4) is 5.75 Å². The van der Waals surface area contributed by atoms with Gasteiger partial charge >= 0.3 is 6.09 Å². The molecule has 1 unspecified atom stereocenters. The SMILES string of the molecule is CC(C)(C)OC(=O)NC(COc1ccsc1CO)C1CC1. The third kappa shape index (κ3) is 5.21. The Morgan fingerprint density at radius 1 is 1.52 bits per heavy atom. The summed E-state index contributed by atoms with van der Waals surface area (Å²) in [5.74, 6) is 1.15. The van der Waals surface area contributed by atoms with Crippen molar-refractivity contribution >= 4 is 17.4 Å². The summed E-state index contributed by atoms with van der Waals surface area (Å²) in [6.45, 7) is 5.89. The molecule has 0 aromatic carbocycles. The van der Waals surface area contributed by atoms with Gasteiger partial charge in [-0.05, 0) is 51.0 Å². The highest BCUT2D eigenvalue weighted by atomic mass is 32.1. The van der Waals surface area contributed by atoms with Gasteiger partial charge < -0.3 is 19.9 Å². The molecule has 1 aromatic rings. The minimum Gasteiger partial charge on any atom is -0.490 e. The van der Waals surface area contributed by atoms with Crippen LogP contribution in [0.4, 0.5) is 4.79 Å². The topological polar surface area (TPSA) is 67.8 Å². The number of amides is 1. The standard InChI is InChI=1S/C15H23NO4S/c1-15(2,3)20-14(18)16-11(10-4-5-10)9-19-12-6-7-21-13(12)8-17/h6-7,10-11,17H,4-5,8-9H2,1-3H3,(H,16,18). The largest absolute Gasteiger partial charge is 0.490 e. The van der Waals surface area contributed by atoms with Crippen molar-refractivity contribution in [3.05, 3.63) is 16.3 Å². The summed E-state index contributed by atoms with van der Waals surface area (Å²) in [4.78, 5) is 12.7. The first-order valence-corrected chi connectivity index (χ1v) is 8.06. The number of hydrogen-bond acceptors (Lipinski definition) is 5. The molecule has 1 aromatic heterocycles. The Morgan fingerprint density at radius 3 is 2.81 bits per heavy atom. The molecule has 1 atom stereocenters. The molecule has 0 aliphatic heterocycles. The number of alkyl carbamates (subject to hydrolysis) is 1. The van der Waals surface area contributed by atoms with Crippen molar-refractivity contribution in [3.63, 3.8) is 0 Å². The van der Waals surface area contributed by atoms with Crippen LogP contribution in [0.2, 0.25) is 0 Å². The molecular weight excluding hydrogens is 290 g/mol. The van der Waals surface area contributed by atoms with E-state index < -0.39 is 11.7 Å². The predicted octanol–water partition coefficient (Wildman–Crippen LogP) is 2.92. The number of hydrogen-bond donors (Lipinski definition) is 2. The number of nitrogens with one attached hydrogen (secondary N) is 1. The summed E-state index contributed by atoms with van der Waals surface area (Å²) in [5, 5.41) is 14.0. The molecule has 1 saturated carbocycles. The number of aliphatic hydroxyl groups is 1. The molecule has 1 aliphatic carbocycles. The molecule has 0 spiro atoms. The summed E-state index contributed by atoms with van der Waals surface area (Å²) in [5.41, 5.74) is -0.504. The predicted molar refractivity (Wildman–Crippen MR) is 81.6 cm³/mol. The van der Waals surface area contributed by atoms with E-state index in [0.717, 1.165) is 17.7 Å². The summed E-state index contributed by atoms with van der Waals surface area (Å²) in [6.07, 6.45) is 1.79. The molecular formula is C15H23NO4S. The van der Waals surface area contributed by atoms with E-state index in [1.807, 2.05) is 32.2 Å². The molecule has 1 amide bonds. The molecule has 1 aliphatic rings. The second kappa shape index (κ2) is 6.66. The van der Waals surface area contributed by atoms with E-state index in [2.05, 4.69) is 5.32 Å². The maximum Gasteiger partial charge on any atom is 0.408 e. The van der Waals surface area contributed by atoms with Crippen molar-refractivity contribution in [2.75, 3.05) is 6.61 Å². The summed E-state index contributed by atoms with van der Waals surface area (Å²) >= 11 is 1.46. The van der Waals surface area contributed by atoms with Gasteiger partial charge in [0.05, 0.1) is 17.5 Å². The molecule has 1 fully saturated rings. The number of thiophene rings is 1. The van der Waals surface area contributed by atoms with E-state index in [9.17, 15) is 9.90 Å². The van der Waals surface area contributed by atoms with Gasteiger partial charge in [0.1, 0.15) is 18.0 Å². The van der Waals surface area contributed by atoms with Crippen LogP contribution in [0.3, 0.4) is 0 Å². The lowest BCUT2D eigenvalue weighted by Gasteiger charge is -2.23. The summed E-state index contributed by atoms with van der Waals surface area (Å²) < 4.78 is 11.0. The van der Waals surface area contributed by atoms with Crippen LogP contribution < -0.4 is 10.1 Å². The fourth-order valence-electron chi connectivity index (χ4n) is 2.01. The number of carbonyl (C=O) groups is 1. The van der Waals surface area contributed by atoms with Gasteiger partial charge in [-0.25, -0.2) is 4.79 Å². The first-order chi connectivity index (χ1) is 9.89. The molecule has 21 heavy (non-hydrogen) atoms. The smallest absolute Gasteiger partial charge is 0.408 e. The molecule has 2 rings (SSSR count). The zero-order chi connectivity index (χ0) is 15.5. The minimum absolute atomic E-state index is 0.0272. The van der Waals surface area contributed by atoms with Crippen molar-refractivity contribution in [1.29, 1.82) is 0 Å². The fourth-order valence-corrected chi connectivity index (χ4v) is 2.68. The van der Waals surface area contributed by atoms with Gasteiger partial charge in [0.25, 0.3) is 0 Å². The Bertz CT molecular complexity index is 476. The Labute approximate surface area is 129 Å². The van der Waals surface area contributed by atoms with Crippen molar-refractivity contribution in [1.82, 2.24) is 5.32 Å². The fraction of sp³-hybridized carbons (Fsp3) is 0.667. The highest BCUT2D eigenvalue weighted by molar-refractivity contribution is 7.10. The second-order valence-electron chi connectivity index (χ2n) is 6.27. The van der Waals surface area contributed by atoms with E-state index >= 15 is 0 Å². The van der Waals surface area contributed by atoms with Crippen molar-refractivity contribution in [2.24, 2.45) is 5.92 Å². The van der Waals surface area contributed by atoms with Gasteiger partial charge in [-0.2, -0.15) is 0 Å². The van der Waals surface area contributed by atoms with Crippen LogP contribution in [0, 0.1) is 5.92 Å². The van der Waals surface area contributed by atoms with Crippen LogP contribution in [0.5, 0.6) is 5.75 Å². The quantitative estimate of drug-likeness (QED) is 0.847. The Balaban J connectivity index is 1.86. The van der Waals surface area contributed by atoms with Gasteiger partial charge in [-0.3, -0.25) is 0 Å². The lowest BCUT2D eigenvalue weighted by molar-refractivity contribution is 0.0479. The van der Waals surface area contributed by atoms with Crippen LogP contribution in [0.15, 0.2) is 11.4 Å². The van der Waals surface area contributed by atoms with Crippen LogP contribution in [-0.4, -0.2) is 29.4 Å².